The highest BCUT2D eigenvalue weighted by molar-refractivity contribution is 5.62. The van der Waals surface area contributed by atoms with Crippen LogP contribution in [0.3, 0.4) is 0 Å². The molecule has 0 fully saturated rings. The Balaban J connectivity index is 1.77. The van der Waals surface area contributed by atoms with Crippen LogP contribution >= 0.6 is 0 Å². The summed E-state index contributed by atoms with van der Waals surface area (Å²) in [5.41, 5.74) is 9.16. The van der Waals surface area contributed by atoms with Crippen LogP contribution in [0.1, 0.15) is 0 Å². The molecule has 5 nitrogen and oxygen atoms in total. The van der Waals surface area contributed by atoms with Gasteiger partial charge in [-0.2, -0.15) is 0 Å². The van der Waals surface area contributed by atoms with Crippen molar-refractivity contribution in [2.75, 3.05) is 11.1 Å². The molecule has 0 saturated carbocycles. The molecule has 2 heterocycles. The van der Waals surface area contributed by atoms with Crippen LogP contribution in [-0.4, -0.2) is 15.2 Å². The van der Waals surface area contributed by atoms with Gasteiger partial charge in [0.1, 0.15) is 0 Å². The number of benzene rings is 1. The van der Waals surface area contributed by atoms with Crippen molar-refractivity contribution < 1.29 is 0 Å². The van der Waals surface area contributed by atoms with Gasteiger partial charge in [0.2, 0.25) is 0 Å². The molecule has 5 heteroatoms. The van der Waals surface area contributed by atoms with Crippen molar-refractivity contribution in [3.63, 3.8) is 0 Å². The van der Waals surface area contributed by atoms with Crippen LogP contribution in [0.4, 0.5) is 17.2 Å². The van der Waals surface area contributed by atoms with Gasteiger partial charge in [-0.3, -0.25) is 0 Å². The van der Waals surface area contributed by atoms with E-state index in [1.807, 2.05) is 54.9 Å². The molecule has 0 aliphatic carbocycles. The van der Waals surface area contributed by atoms with Gasteiger partial charge in [-0.15, -0.1) is 10.2 Å². The summed E-state index contributed by atoms with van der Waals surface area (Å²) in [4.78, 5) is 2.99. The van der Waals surface area contributed by atoms with Crippen LogP contribution in [0.25, 0.3) is 11.3 Å². The van der Waals surface area contributed by atoms with E-state index in [-0.39, 0.29) is 0 Å². The summed E-state index contributed by atoms with van der Waals surface area (Å²) >= 11 is 0. The number of aromatic nitrogens is 3. The minimum atomic E-state index is 0.698. The minimum Gasteiger partial charge on any atom is -0.399 e. The molecule has 0 aliphatic heterocycles. The van der Waals surface area contributed by atoms with E-state index in [1.54, 1.807) is 0 Å². The molecule has 0 bridgehead atoms. The lowest BCUT2D eigenvalue weighted by Gasteiger charge is -2.05. The Kier molecular flexibility index (Phi) is 2.86. The molecule has 3 aromatic rings. The van der Waals surface area contributed by atoms with Gasteiger partial charge in [-0.25, -0.2) is 0 Å². The normalized spacial score (nSPS) is 10.3. The third kappa shape index (κ3) is 2.55. The molecular formula is C14H13N5. The summed E-state index contributed by atoms with van der Waals surface area (Å²) in [6.07, 6.45) is 3.74. The first-order valence-electron chi connectivity index (χ1n) is 5.91. The second-order valence-electron chi connectivity index (χ2n) is 4.15. The lowest BCUT2D eigenvalue weighted by Crippen LogP contribution is -1.96. The molecule has 4 N–H and O–H groups in total. The third-order valence-corrected chi connectivity index (χ3v) is 2.74. The maximum absolute atomic E-state index is 5.64. The van der Waals surface area contributed by atoms with E-state index in [0.29, 0.717) is 5.82 Å². The summed E-state index contributed by atoms with van der Waals surface area (Å²) in [5.74, 6) is 0.698. The van der Waals surface area contributed by atoms with Gasteiger partial charge in [0.15, 0.2) is 5.82 Å². The molecule has 0 spiro atoms. The van der Waals surface area contributed by atoms with Gasteiger partial charge < -0.3 is 16.0 Å². The fourth-order valence-electron chi connectivity index (χ4n) is 1.75. The quantitative estimate of drug-likeness (QED) is 0.625. The molecule has 0 atom stereocenters. The second-order valence-corrected chi connectivity index (χ2v) is 4.15. The van der Waals surface area contributed by atoms with E-state index in [2.05, 4.69) is 20.5 Å². The Bertz CT molecular complexity index is 641. The van der Waals surface area contributed by atoms with Crippen LogP contribution in [0.15, 0.2) is 54.9 Å². The largest absolute Gasteiger partial charge is 0.399 e. The zero-order valence-corrected chi connectivity index (χ0v) is 10.2. The van der Waals surface area contributed by atoms with Crippen LogP contribution in [0.5, 0.6) is 0 Å². The third-order valence-electron chi connectivity index (χ3n) is 2.74. The first-order chi connectivity index (χ1) is 9.31. The maximum Gasteiger partial charge on any atom is 0.153 e. The molecule has 0 unspecified atom stereocenters. The lowest BCUT2D eigenvalue weighted by molar-refractivity contribution is 1.04. The van der Waals surface area contributed by atoms with Gasteiger partial charge in [0, 0.05) is 29.3 Å². The predicted molar refractivity (Wildman–Crippen MR) is 76.0 cm³/mol. The monoisotopic (exact) mass is 251 g/mol. The smallest absolute Gasteiger partial charge is 0.153 e. The van der Waals surface area contributed by atoms with Crippen molar-refractivity contribution in [3.8, 4) is 11.3 Å². The number of hydrogen-bond donors (Lipinski definition) is 3. The first kappa shape index (κ1) is 11.3. The van der Waals surface area contributed by atoms with Crippen LogP contribution in [0, 0.1) is 0 Å². The predicted octanol–water partition coefficient (Wildman–Crippen LogP) is 2.80. The van der Waals surface area contributed by atoms with Gasteiger partial charge in [-0.1, -0.05) is 0 Å². The van der Waals surface area contributed by atoms with Crippen LogP contribution in [0.2, 0.25) is 0 Å². The number of nitrogens with zero attached hydrogens (tertiary/aromatic N) is 2. The Morgan fingerprint density at radius 2 is 1.79 bits per heavy atom. The lowest BCUT2D eigenvalue weighted by atomic mass is 10.2. The van der Waals surface area contributed by atoms with Crippen molar-refractivity contribution in [1.29, 1.82) is 0 Å². The highest BCUT2D eigenvalue weighted by Gasteiger charge is 2.01. The van der Waals surface area contributed by atoms with E-state index >= 15 is 0 Å². The summed E-state index contributed by atoms with van der Waals surface area (Å²) in [6.45, 7) is 0. The molecule has 0 aliphatic rings. The number of H-pyrrole nitrogens is 1. The topological polar surface area (TPSA) is 79.6 Å². The van der Waals surface area contributed by atoms with Crippen molar-refractivity contribution in [2.45, 2.75) is 0 Å². The second kappa shape index (κ2) is 4.81. The summed E-state index contributed by atoms with van der Waals surface area (Å²) in [6, 6.07) is 13.3. The van der Waals surface area contributed by atoms with Crippen molar-refractivity contribution in [3.05, 3.63) is 54.9 Å². The molecule has 19 heavy (non-hydrogen) atoms. The average molecular weight is 251 g/mol. The molecule has 1 aromatic carbocycles. The first-order valence-corrected chi connectivity index (χ1v) is 5.91. The van der Waals surface area contributed by atoms with Gasteiger partial charge in [0.25, 0.3) is 0 Å². The number of nitrogens with two attached hydrogens (primary N) is 1. The van der Waals surface area contributed by atoms with Crippen molar-refractivity contribution >= 4 is 17.2 Å². The number of anilines is 3. The molecule has 2 aromatic heterocycles. The fourth-order valence-corrected chi connectivity index (χ4v) is 1.75. The minimum absolute atomic E-state index is 0.698. The van der Waals surface area contributed by atoms with Gasteiger partial charge in [0.05, 0.1) is 5.69 Å². The van der Waals surface area contributed by atoms with Crippen LogP contribution < -0.4 is 11.1 Å². The standard InChI is InChI=1S/C14H13N5/c15-11-1-3-12(4-2-11)17-14-6-5-13(18-19-14)10-7-8-16-9-10/h1-9,16H,15H2,(H,17,19). The Morgan fingerprint density at radius 1 is 0.947 bits per heavy atom. The summed E-state index contributed by atoms with van der Waals surface area (Å²) in [5, 5.41) is 11.5. The van der Waals surface area contributed by atoms with Crippen LogP contribution in [-0.2, 0) is 0 Å². The summed E-state index contributed by atoms with van der Waals surface area (Å²) < 4.78 is 0. The Labute approximate surface area is 110 Å². The SMILES string of the molecule is Nc1ccc(Nc2ccc(-c3cc[nH]c3)nn2)cc1. The number of hydrogen-bond acceptors (Lipinski definition) is 4. The molecule has 3 rings (SSSR count). The fraction of sp³-hybridized carbons (Fsp3) is 0. The highest BCUT2D eigenvalue weighted by Crippen LogP contribution is 2.19. The van der Waals surface area contributed by atoms with E-state index in [0.717, 1.165) is 22.6 Å². The van der Waals surface area contributed by atoms with E-state index in [4.69, 9.17) is 5.73 Å². The Morgan fingerprint density at radius 3 is 2.42 bits per heavy atom. The zero-order valence-electron chi connectivity index (χ0n) is 10.2. The number of nitrogen functional groups attached to an aromatic ring is 1. The maximum atomic E-state index is 5.64. The van der Waals surface area contributed by atoms with E-state index in [1.165, 1.54) is 0 Å². The van der Waals surface area contributed by atoms with Gasteiger partial charge in [-0.05, 0) is 42.5 Å². The van der Waals surface area contributed by atoms with Crippen molar-refractivity contribution in [2.24, 2.45) is 0 Å². The average Bonchev–Trinajstić information content (AvgIpc) is 2.96. The molecule has 0 saturated heterocycles. The van der Waals surface area contributed by atoms with Crippen molar-refractivity contribution in [1.82, 2.24) is 15.2 Å². The Hall–Kier alpha value is -2.82. The van der Waals surface area contributed by atoms with E-state index < -0.39 is 0 Å². The molecule has 94 valence electrons. The number of nitrogens with one attached hydrogen (secondary N) is 2. The molecule has 0 amide bonds. The molecule has 0 radical (unpaired) electrons. The molecular weight excluding hydrogens is 238 g/mol. The van der Waals surface area contributed by atoms with Gasteiger partial charge >= 0.3 is 0 Å². The number of aromatic amines is 1. The highest BCUT2D eigenvalue weighted by atomic mass is 15.2. The number of rotatable bonds is 3. The summed E-state index contributed by atoms with van der Waals surface area (Å²) in [7, 11) is 0. The van der Waals surface area contributed by atoms with E-state index in [9.17, 15) is 0 Å². The zero-order chi connectivity index (χ0) is 13.1.